The molecule has 2 N–H and O–H groups in total. The number of fused-ring (bicyclic) bond motifs is 1. The zero-order chi connectivity index (χ0) is 13.9. The molecule has 0 radical (unpaired) electrons. The molecule has 1 amide bonds. The van der Waals surface area contributed by atoms with Crippen LogP contribution < -0.4 is 5.73 Å². The van der Waals surface area contributed by atoms with Crippen LogP contribution in [0.4, 0.5) is 0 Å². The lowest BCUT2D eigenvalue weighted by atomic mass is 9.82. The second-order valence-corrected chi connectivity index (χ2v) is 6.91. The Morgan fingerprint density at radius 1 is 0.950 bits per heavy atom. The number of primary amides is 1. The van der Waals surface area contributed by atoms with E-state index in [1.165, 1.54) is 51.6 Å². The van der Waals surface area contributed by atoms with Gasteiger partial charge >= 0.3 is 0 Å². The van der Waals surface area contributed by atoms with E-state index in [1.54, 1.807) is 0 Å². The lowest BCUT2D eigenvalue weighted by Crippen LogP contribution is -2.55. The predicted molar refractivity (Wildman–Crippen MR) is 80.3 cm³/mol. The molecular formula is C16H29N3O. The number of piperidine rings is 3. The molecule has 0 saturated carbocycles. The Morgan fingerprint density at radius 3 is 2.55 bits per heavy atom. The second-order valence-electron chi connectivity index (χ2n) is 6.91. The molecule has 3 aliphatic heterocycles. The summed E-state index contributed by atoms with van der Waals surface area (Å²) in [6.07, 6.45) is 10.1. The van der Waals surface area contributed by atoms with Crippen LogP contribution in [0.5, 0.6) is 0 Å². The Morgan fingerprint density at radius 2 is 1.70 bits per heavy atom. The molecule has 3 unspecified atom stereocenters. The zero-order valence-corrected chi connectivity index (χ0v) is 12.6. The molecule has 3 heterocycles. The molecule has 0 aromatic carbocycles. The minimum Gasteiger partial charge on any atom is -0.368 e. The lowest BCUT2D eigenvalue weighted by molar-refractivity contribution is -0.125. The van der Waals surface area contributed by atoms with Crippen molar-refractivity contribution in [2.75, 3.05) is 26.2 Å². The normalized spacial score (nSPS) is 36.5. The van der Waals surface area contributed by atoms with Gasteiger partial charge in [0.2, 0.25) is 5.91 Å². The van der Waals surface area contributed by atoms with Gasteiger partial charge < -0.3 is 10.6 Å². The van der Waals surface area contributed by atoms with Crippen molar-refractivity contribution in [1.29, 1.82) is 0 Å². The molecular weight excluding hydrogens is 250 g/mol. The highest BCUT2D eigenvalue weighted by Crippen LogP contribution is 2.32. The quantitative estimate of drug-likeness (QED) is 0.853. The largest absolute Gasteiger partial charge is 0.368 e. The van der Waals surface area contributed by atoms with Crippen molar-refractivity contribution in [1.82, 2.24) is 9.80 Å². The van der Waals surface area contributed by atoms with Crippen LogP contribution in [0, 0.1) is 5.92 Å². The first-order chi connectivity index (χ1) is 9.75. The topological polar surface area (TPSA) is 49.6 Å². The first kappa shape index (κ1) is 14.3. The Hall–Kier alpha value is -0.610. The van der Waals surface area contributed by atoms with Gasteiger partial charge in [-0.25, -0.2) is 0 Å². The van der Waals surface area contributed by atoms with Gasteiger partial charge in [0.05, 0.1) is 6.04 Å². The van der Waals surface area contributed by atoms with E-state index in [0.717, 1.165) is 37.9 Å². The van der Waals surface area contributed by atoms with Crippen molar-refractivity contribution in [3.8, 4) is 0 Å². The molecule has 3 saturated heterocycles. The Labute approximate surface area is 122 Å². The summed E-state index contributed by atoms with van der Waals surface area (Å²) in [6, 6.07) is 0.774. The summed E-state index contributed by atoms with van der Waals surface area (Å²) in [5, 5.41) is 0. The third-order valence-corrected chi connectivity index (χ3v) is 5.64. The van der Waals surface area contributed by atoms with Crippen LogP contribution >= 0.6 is 0 Å². The molecule has 0 aromatic heterocycles. The number of nitrogens with zero attached hydrogens (tertiary/aromatic N) is 2. The highest BCUT2D eigenvalue weighted by atomic mass is 16.1. The first-order valence-corrected chi connectivity index (χ1v) is 8.53. The van der Waals surface area contributed by atoms with Gasteiger partial charge in [0, 0.05) is 12.6 Å². The standard InChI is InChI=1S/C16H29N3O/c17-16(20)15-8-2-4-10-19(15)12-13-6-5-11-18-9-3-1-7-14(13)18/h13-15H,1-12H2,(H2,17,20). The molecule has 3 atom stereocenters. The fraction of sp³-hybridized carbons (Fsp3) is 0.938. The molecule has 0 bridgehead atoms. The van der Waals surface area contributed by atoms with Gasteiger partial charge in [-0.1, -0.05) is 12.8 Å². The Balaban J connectivity index is 1.64. The van der Waals surface area contributed by atoms with E-state index in [9.17, 15) is 4.79 Å². The van der Waals surface area contributed by atoms with E-state index in [-0.39, 0.29) is 11.9 Å². The maximum absolute atomic E-state index is 11.7. The average molecular weight is 279 g/mol. The minimum absolute atomic E-state index is 0.00252. The number of carbonyl (C=O) groups excluding carboxylic acids is 1. The second kappa shape index (κ2) is 6.44. The van der Waals surface area contributed by atoms with Crippen molar-refractivity contribution < 1.29 is 4.79 Å². The molecule has 0 aliphatic carbocycles. The fourth-order valence-electron chi connectivity index (χ4n) is 4.62. The number of amides is 1. The van der Waals surface area contributed by atoms with Gasteiger partial charge in [0.25, 0.3) is 0 Å². The number of nitrogens with two attached hydrogens (primary N) is 1. The predicted octanol–water partition coefficient (Wildman–Crippen LogP) is 1.59. The van der Waals surface area contributed by atoms with Crippen LogP contribution in [-0.2, 0) is 4.79 Å². The SMILES string of the molecule is NC(=O)C1CCCCN1CC1CCCN2CCCCC12. The van der Waals surface area contributed by atoms with Gasteiger partial charge in [-0.15, -0.1) is 0 Å². The molecule has 114 valence electrons. The van der Waals surface area contributed by atoms with Crippen molar-refractivity contribution in [2.24, 2.45) is 11.7 Å². The molecule has 3 fully saturated rings. The average Bonchev–Trinajstić information content (AvgIpc) is 2.48. The van der Waals surface area contributed by atoms with Crippen LogP contribution in [-0.4, -0.2) is 54.0 Å². The van der Waals surface area contributed by atoms with Crippen LogP contribution in [0.3, 0.4) is 0 Å². The summed E-state index contributed by atoms with van der Waals surface area (Å²) in [5.41, 5.74) is 5.60. The number of carbonyl (C=O) groups is 1. The molecule has 4 nitrogen and oxygen atoms in total. The number of likely N-dealkylation sites (tertiary alicyclic amines) is 1. The molecule has 4 heteroatoms. The van der Waals surface area contributed by atoms with Gasteiger partial charge in [-0.3, -0.25) is 9.69 Å². The summed E-state index contributed by atoms with van der Waals surface area (Å²) in [5.74, 6) is 0.644. The van der Waals surface area contributed by atoms with Crippen molar-refractivity contribution >= 4 is 5.91 Å². The number of rotatable bonds is 3. The van der Waals surface area contributed by atoms with Gasteiger partial charge in [-0.2, -0.15) is 0 Å². The maximum atomic E-state index is 11.7. The van der Waals surface area contributed by atoms with Crippen molar-refractivity contribution in [2.45, 2.75) is 63.5 Å². The summed E-state index contributed by atoms with van der Waals surface area (Å²) < 4.78 is 0. The van der Waals surface area contributed by atoms with Crippen molar-refractivity contribution in [3.63, 3.8) is 0 Å². The zero-order valence-electron chi connectivity index (χ0n) is 12.6. The van der Waals surface area contributed by atoms with Gasteiger partial charge in [0.15, 0.2) is 0 Å². The van der Waals surface area contributed by atoms with E-state index in [2.05, 4.69) is 9.80 Å². The Kier molecular flexibility index (Phi) is 4.61. The smallest absolute Gasteiger partial charge is 0.234 e. The summed E-state index contributed by atoms with van der Waals surface area (Å²) >= 11 is 0. The van der Waals surface area contributed by atoms with Gasteiger partial charge in [0.1, 0.15) is 0 Å². The van der Waals surface area contributed by atoms with E-state index >= 15 is 0 Å². The summed E-state index contributed by atoms with van der Waals surface area (Å²) in [7, 11) is 0. The lowest BCUT2D eigenvalue weighted by Gasteiger charge is -2.47. The van der Waals surface area contributed by atoms with Gasteiger partial charge in [-0.05, 0) is 64.1 Å². The highest BCUT2D eigenvalue weighted by Gasteiger charge is 2.36. The van der Waals surface area contributed by atoms with Crippen LogP contribution in [0.25, 0.3) is 0 Å². The van der Waals surface area contributed by atoms with E-state index in [1.807, 2.05) is 0 Å². The first-order valence-electron chi connectivity index (χ1n) is 8.53. The van der Waals surface area contributed by atoms with Crippen LogP contribution in [0.15, 0.2) is 0 Å². The maximum Gasteiger partial charge on any atom is 0.234 e. The third-order valence-electron chi connectivity index (χ3n) is 5.64. The third kappa shape index (κ3) is 3.01. The summed E-state index contributed by atoms with van der Waals surface area (Å²) in [4.78, 5) is 16.8. The van der Waals surface area contributed by atoms with Crippen LogP contribution in [0.1, 0.15) is 51.4 Å². The molecule has 3 rings (SSSR count). The van der Waals surface area contributed by atoms with E-state index in [0.29, 0.717) is 0 Å². The van der Waals surface area contributed by atoms with E-state index < -0.39 is 0 Å². The number of hydrogen-bond acceptors (Lipinski definition) is 3. The Bertz CT molecular complexity index is 345. The summed E-state index contributed by atoms with van der Waals surface area (Å²) in [6.45, 7) is 4.74. The minimum atomic E-state index is -0.110. The highest BCUT2D eigenvalue weighted by molar-refractivity contribution is 5.79. The van der Waals surface area contributed by atoms with Crippen LogP contribution in [0.2, 0.25) is 0 Å². The van der Waals surface area contributed by atoms with E-state index in [4.69, 9.17) is 5.73 Å². The fourth-order valence-corrected chi connectivity index (χ4v) is 4.62. The monoisotopic (exact) mass is 279 g/mol. The molecule has 20 heavy (non-hydrogen) atoms. The van der Waals surface area contributed by atoms with Crippen molar-refractivity contribution in [3.05, 3.63) is 0 Å². The molecule has 0 spiro atoms. The number of hydrogen-bond donors (Lipinski definition) is 1. The molecule has 3 aliphatic rings. The molecule has 0 aromatic rings.